The largest absolute Gasteiger partial charge is 0.468 e. The Kier molecular flexibility index (Phi) is 5.89. The van der Waals surface area contributed by atoms with E-state index in [9.17, 15) is 0 Å². The van der Waals surface area contributed by atoms with E-state index in [1.54, 1.807) is 6.26 Å². The number of hydrogen-bond acceptors (Lipinski definition) is 4. The van der Waals surface area contributed by atoms with Gasteiger partial charge in [-0.1, -0.05) is 13.8 Å². The third kappa shape index (κ3) is 4.34. The molecule has 0 saturated carbocycles. The van der Waals surface area contributed by atoms with Crippen LogP contribution in [0.3, 0.4) is 0 Å². The third-order valence-corrected chi connectivity index (χ3v) is 3.63. The lowest BCUT2D eigenvalue weighted by Crippen LogP contribution is -2.41. The minimum atomic E-state index is 0.380. The average Bonchev–Trinajstić information content (AvgIpc) is 2.87. The summed E-state index contributed by atoms with van der Waals surface area (Å²) in [5.74, 6) is 1.10. The van der Waals surface area contributed by atoms with Crippen LogP contribution in [0.5, 0.6) is 0 Å². The van der Waals surface area contributed by atoms with Gasteiger partial charge in [0.15, 0.2) is 0 Å². The van der Waals surface area contributed by atoms with Gasteiger partial charge < -0.3 is 14.5 Å². The zero-order valence-corrected chi connectivity index (χ0v) is 12.2. The summed E-state index contributed by atoms with van der Waals surface area (Å²) in [4.78, 5) is 2.43. The molecule has 1 N–H and O–H groups in total. The van der Waals surface area contributed by atoms with Crippen molar-refractivity contribution in [3.8, 4) is 0 Å². The molecule has 1 fully saturated rings. The van der Waals surface area contributed by atoms with Crippen molar-refractivity contribution >= 4 is 0 Å². The van der Waals surface area contributed by atoms with Gasteiger partial charge in [-0.05, 0) is 25.5 Å². The van der Waals surface area contributed by atoms with E-state index in [0.29, 0.717) is 6.10 Å². The molecule has 0 amide bonds. The molecule has 1 aromatic rings. The summed E-state index contributed by atoms with van der Waals surface area (Å²) in [7, 11) is 0. The van der Waals surface area contributed by atoms with Crippen molar-refractivity contribution in [1.29, 1.82) is 0 Å². The molecule has 4 nitrogen and oxygen atoms in total. The quantitative estimate of drug-likeness (QED) is 0.769. The minimum absolute atomic E-state index is 0.380. The summed E-state index contributed by atoms with van der Waals surface area (Å²) >= 11 is 0. The summed E-state index contributed by atoms with van der Waals surface area (Å²) in [5.41, 5.74) is 1.29. The zero-order valence-electron chi connectivity index (χ0n) is 12.2. The number of rotatable bonds is 7. The summed E-state index contributed by atoms with van der Waals surface area (Å²) in [6, 6.07) is 2.08. The molecule has 0 aliphatic carbocycles. The number of hydrogen-bond donors (Lipinski definition) is 1. The number of morpholine rings is 1. The molecule has 0 spiro atoms. The Bertz CT molecular complexity index is 365. The third-order valence-electron chi connectivity index (χ3n) is 3.63. The fourth-order valence-electron chi connectivity index (χ4n) is 2.44. The molecule has 1 aromatic heterocycles. The molecule has 1 unspecified atom stereocenters. The van der Waals surface area contributed by atoms with Gasteiger partial charge in [-0.25, -0.2) is 0 Å². The predicted molar refractivity (Wildman–Crippen MR) is 76.0 cm³/mol. The van der Waals surface area contributed by atoms with Crippen LogP contribution >= 0.6 is 0 Å². The molecule has 2 heterocycles. The Balaban J connectivity index is 1.86. The molecule has 108 valence electrons. The van der Waals surface area contributed by atoms with E-state index in [1.165, 1.54) is 5.56 Å². The predicted octanol–water partition coefficient (Wildman–Crippen LogP) is 2.39. The van der Waals surface area contributed by atoms with Gasteiger partial charge in [0.05, 0.1) is 25.5 Å². The van der Waals surface area contributed by atoms with Crippen LogP contribution in [0.1, 0.15) is 38.0 Å². The highest BCUT2D eigenvalue weighted by Crippen LogP contribution is 2.16. The Morgan fingerprint density at radius 1 is 1.42 bits per heavy atom. The van der Waals surface area contributed by atoms with Gasteiger partial charge in [-0.15, -0.1) is 0 Å². The Hall–Kier alpha value is -0.840. The van der Waals surface area contributed by atoms with E-state index in [-0.39, 0.29) is 0 Å². The van der Waals surface area contributed by atoms with Crippen LogP contribution in [0, 0.1) is 0 Å². The topological polar surface area (TPSA) is 37.6 Å². The Morgan fingerprint density at radius 2 is 2.32 bits per heavy atom. The lowest BCUT2D eigenvalue weighted by atomic mass is 10.2. The molecule has 1 aliphatic heterocycles. The van der Waals surface area contributed by atoms with Crippen molar-refractivity contribution in [2.24, 2.45) is 0 Å². The second kappa shape index (κ2) is 7.68. The van der Waals surface area contributed by atoms with Gasteiger partial charge in [-0.2, -0.15) is 0 Å². The van der Waals surface area contributed by atoms with E-state index < -0.39 is 0 Å². The molecule has 1 atom stereocenters. The molecular formula is C15H26N2O2. The molecule has 0 radical (unpaired) electrons. The van der Waals surface area contributed by atoms with E-state index >= 15 is 0 Å². The van der Waals surface area contributed by atoms with Crippen molar-refractivity contribution in [2.75, 3.05) is 26.2 Å². The Labute approximate surface area is 116 Å². The number of nitrogens with one attached hydrogen (secondary N) is 1. The maximum atomic E-state index is 5.70. The van der Waals surface area contributed by atoms with E-state index in [2.05, 4.69) is 30.1 Å². The second-order valence-electron chi connectivity index (χ2n) is 5.18. The first-order valence-electron chi connectivity index (χ1n) is 7.43. The first-order chi connectivity index (χ1) is 9.33. The highest BCUT2D eigenvalue weighted by atomic mass is 16.5. The maximum Gasteiger partial charge on any atom is 0.122 e. The molecule has 1 aliphatic rings. The van der Waals surface area contributed by atoms with Crippen LogP contribution < -0.4 is 5.32 Å². The molecule has 0 aromatic carbocycles. The lowest BCUT2D eigenvalue weighted by Gasteiger charge is -2.32. The summed E-state index contributed by atoms with van der Waals surface area (Å²) < 4.78 is 11.3. The van der Waals surface area contributed by atoms with Crippen LogP contribution in [0.15, 0.2) is 16.7 Å². The zero-order chi connectivity index (χ0) is 13.5. The first-order valence-corrected chi connectivity index (χ1v) is 7.43. The van der Waals surface area contributed by atoms with Crippen molar-refractivity contribution in [3.63, 3.8) is 0 Å². The van der Waals surface area contributed by atoms with Crippen molar-refractivity contribution in [3.05, 3.63) is 23.7 Å². The van der Waals surface area contributed by atoms with Crippen LogP contribution in [0.25, 0.3) is 0 Å². The van der Waals surface area contributed by atoms with Crippen molar-refractivity contribution < 1.29 is 9.15 Å². The molecular weight excluding hydrogens is 240 g/mol. The fraction of sp³-hybridized carbons (Fsp3) is 0.733. The van der Waals surface area contributed by atoms with Gasteiger partial charge in [0.25, 0.3) is 0 Å². The molecule has 1 saturated heterocycles. The fourth-order valence-corrected chi connectivity index (χ4v) is 2.44. The van der Waals surface area contributed by atoms with Crippen LogP contribution in [-0.2, 0) is 17.8 Å². The van der Waals surface area contributed by atoms with E-state index in [1.807, 2.05) is 0 Å². The number of furan rings is 1. The van der Waals surface area contributed by atoms with Gasteiger partial charge >= 0.3 is 0 Å². The van der Waals surface area contributed by atoms with Crippen molar-refractivity contribution in [1.82, 2.24) is 10.2 Å². The average molecular weight is 266 g/mol. The van der Waals surface area contributed by atoms with E-state index in [4.69, 9.17) is 9.15 Å². The maximum absolute atomic E-state index is 5.70. The first kappa shape index (κ1) is 14.6. The van der Waals surface area contributed by atoms with Gasteiger partial charge in [0, 0.05) is 25.2 Å². The number of nitrogens with zero attached hydrogens (tertiary/aromatic N) is 1. The highest BCUT2D eigenvalue weighted by molar-refractivity contribution is 5.16. The van der Waals surface area contributed by atoms with Crippen LogP contribution in [0.2, 0.25) is 0 Å². The van der Waals surface area contributed by atoms with Gasteiger partial charge in [-0.3, -0.25) is 4.90 Å². The summed E-state index contributed by atoms with van der Waals surface area (Å²) in [6.45, 7) is 10.1. The molecule has 19 heavy (non-hydrogen) atoms. The molecule has 0 bridgehead atoms. The summed E-state index contributed by atoms with van der Waals surface area (Å²) in [5, 5.41) is 3.43. The normalized spacial score (nSPS) is 20.8. The van der Waals surface area contributed by atoms with Crippen LogP contribution in [0.4, 0.5) is 0 Å². The van der Waals surface area contributed by atoms with Crippen molar-refractivity contribution in [2.45, 2.75) is 45.9 Å². The number of ether oxygens (including phenoxy) is 1. The highest BCUT2D eigenvalue weighted by Gasteiger charge is 2.20. The SMILES string of the molecule is CCCNCc1ccoc1CN1CCOC(CC)C1. The smallest absolute Gasteiger partial charge is 0.122 e. The van der Waals surface area contributed by atoms with Gasteiger partial charge in [0.2, 0.25) is 0 Å². The lowest BCUT2D eigenvalue weighted by molar-refractivity contribution is -0.0343. The van der Waals surface area contributed by atoms with Crippen LogP contribution in [-0.4, -0.2) is 37.2 Å². The second-order valence-corrected chi connectivity index (χ2v) is 5.18. The minimum Gasteiger partial charge on any atom is -0.468 e. The van der Waals surface area contributed by atoms with Gasteiger partial charge in [0.1, 0.15) is 5.76 Å². The molecule has 2 rings (SSSR count). The standard InChI is InChI=1S/C15H26N2O2/c1-3-6-16-10-13-5-8-19-15(13)12-17-7-9-18-14(4-2)11-17/h5,8,14,16H,3-4,6-7,9-12H2,1-2H3. The Morgan fingerprint density at radius 3 is 3.11 bits per heavy atom. The monoisotopic (exact) mass is 266 g/mol. The van der Waals surface area contributed by atoms with E-state index in [0.717, 1.165) is 57.9 Å². The summed E-state index contributed by atoms with van der Waals surface area (Å²) in [6.07, 6.45) is 4.43. The molecule has 4 heteroatoms.